The van der Waals surface area contributed by atoms with Crippen molar-refractivity contribution in [2.45, 2.75) is 0 Å². The fraction of sp³-hybridized carbons (Fsp3) is 0.167. The number of hydrogen-bond donors (Lipinski definition) is 0. The fourth-order valence-corrected chi connectivity index (χ4v) is 4.87. The number of nitrogens with zero attached hydrogens (tertiary/aromatic N) is 3. The van der Waals surface area contributed by atoms with Crippen molar-refractivity contribution in [3.8, 4) is 11.3 Å². The van der Waals surface area contributed by atoms with Gasteiger partial charge in [-0.05, 0) is 48.2 Å². The number of amides is 1. The van der Waals surface area contributed by atoms with Crippen LogP contribution in [0.5, 0.6) is 0 Å². The van der Waals surface area contributed by atoms with Gasteiger partial charge in [0, 0.05) is 48.0 Å². The second kappa shape index (κ2) is 8.77. The van der Waals surface area contributed by atoms with E-state index in [4.69, 9.17) is 4.42 Å². The van der Waals surface area contributed by atoms with Crippen LogP contribution >= 0.6 is 27.7 Å². The van der Waals surface area contributed by atoms with Crippen LogP contribution in [0, 0.1) is 0 Å². The van der Waals surface area contributed by atoms with Crippen LogP contribution in [-0.2, 0) is 4.79 Å². The highest BCUT2D eigenvalue weighted by atomic mass is 79.9. The van der Waals surface area contributed by atoms with Gasteiger partial charge in [-0.3, -0.25) is 4.79 Å². The molecule has 1 aromatic heterocycles. The molecule has 0 spiro atoms. The average Bonchev–Trinajstić information content (AvgIpc) is 3.42. The molecule has 5 nitrogen and oxygen atoms in total. The molecule has 0 N–H and O–H groups in total. The summed E-state index contributed by atoms with van der Waals surface area (Å²) in [6.07, 6.45) is 1.78. The monoisotopic (exact) mass is 493 g/mol. The van der Waals surface area contributed by atoms with Gasteiger partial charge in [-0.15, -0.1) is 0 Å². The Morgan fingerprint density at radius 3 is 2.35 bits per heavy atom. The molecule has 1 saturated heterocycles. The van der Waals surface area contributed by atoms with E-state index in [1.54, 1.807) is 6.08 Å². The third kappa shape index (κ3) is 4.48. The molecule has 5 rings (SSSR count). The number of carbonyl (C=O) groups excluding carboxylic acids is 1. The van der Waals surface area contributed by atoms with E-state index in [0.717, 1.165) is 47.1 Å². The Labute approximate surface area is 193 Å². The first-order valence-corrected chi connectivity index (χ1v) is 11.7. The van der Waals surface area contributed by atoms with Gasteiger partial charge >= 0.3 is 0 Å². The van der Waals surface area contributed by atoms with Crippen molar-refractivity contribution in [2.75, 3.05) is 31.1 Å². The lowest BCUT2D eigenvalue weighted by Gasteiger charge is -2.36. The number of thioether (sulfide) groups is 1. The Hall–Kier alpha value is -2.77. The number of carbonyl (C=O) groups is 1. The van der Waals surface area contributed by atoms with Gasteiger partial charge < -0.3 is 14.2 Å². The number of benzene rings is 2. The first-order chi connectivity index (χ1) is 15.2. The van der Waals surface area contributed by atoms with Crippen molar-refractivity contribution in [1.29, 1.82) is 0 Å². The van der Waals surface area contributed by atoms with Gasteiger partial charge in [-0.1, -0.05) is 46.3 Å². The highest BCUT2D eigenvalue weighted by Gasteiger charge is 2.28. The minimum absolute atomic E-state index is 0.202. The van der Waals surface area contributed by atoms with Gasteiger partial charge in [0.05, 0.1) is 4.91 Å². The largest absolute Gasteiger partial charge is 0.457 e. The molecule has 3 heterocycles. The fourth-order valence-electron chi connectivity index (χ4n) is 3.66. The first kappa shape index (κ1) is 20.2. The zero-order valence-electron chi connectivity index (χ0n) is 16.7. The maximum absolute atomic E-state index is 12.5. The van der Waals surface area contributed by atoms with E-state index in [9.17, 15) is 4.79 Å². The lowest BCUT2D eigenvalue weighted by atomic mass is 10.2. The van der Waals surface area contributed by atoms with Crippen molar-refractivity contribution in [1.82, 2.24) is 4.90 Å². The van der Waals surface area contributed by atoms with Crippen LogP contribution in [0.3, 0.4) is 0 Å². The van der Waals surface area contributed by atoms with Crippen molar-refractivity contribution in [3.63, 3.8) is 0 Å². The molecule has 2 aromatic carbocycles. The maximum atomic E-state index is 12.5. The number of piperazine rings is 1. The SMILES string of the molecule is O=C1N=C(N2CCN(c3ccccc3)CC2)S/C1=C/c1ccc(-c2ccc(Br)cc2)o1. The molecule has 7 heteroatoms. The smallest absolute Gasteiger partial charge is 0.286 e. The topological polar surface area (TPSA) is 49.1 Å². The summed E-state index contributed by atoms with van der Waals surface area (Å²) in [6, 6.07) is 22.2. The number of anilines is 1. The summed E-state index contributed by atoms with van der Waals surface area (Å²) in [5.74, 6) is 1.22. The molecule has 156 valence electrons. The Bertz CT molecular complexity index is 1150. The predicted molar refractivity (Wildman–Crippen MR) is 130 cm³/mol. The van der Waals surface area contributed by atoms with Crippen LogP contribution in [0.1, 0.15) is 5.76 Å². The van der Waals surface area contributed by atoms with Crippen molar-refractivity contribution in [2.24, 2.45) is 4.99 Å². The van der Waals surface area contributed by atoms with E-state index >= 15 is 0 Å². The summed E-state index contributed by atoms with van der Waals surface area (Å²) in [6.45, 7) is 3.50. The summed E-state index contributed by atoms with van der Waals surface area (Å²) in [7, 11) is 0. The number of rotatable bonds is 3. The zero-order chi connectivity index (χ0) is 21.2. The van der Waals surface area contributed by atoms with Gasteiger partial charge in [0.1, 0.15) is 11.5 Å². The first-order valence-electron chi connectivity index (χ1n) is 10.1. The van der Waals surface area contributed by atoms with Crippen LogP contribution in [-0.4, -0.2) is 42.2 Å². The molecular formula is C24H20BrN3O2S. The van der Waals surface area contributed by atoms with Crippen molar-refractivity contribution in [3.05, 3.63) is 81.9 Å². The maximum Gasteiger partial charge on any atom is 0.286 e. The Balaban J connectivity index is 1.23. The molecule has 3 aromatic rings. The lowest BCUT2D eigenvalue weighted by Crippen LogP contribution is -2.47. The summed E-state index contributed by atoms with van der Waals surface area (Å²) < 4.78 is 6.96. The molecule has 0 unspecified atom stereocenters. The van der Waals surface area contributed by atoms with E-state index in [1.807, 2.05) is 42.5 Å². The highest BCUT2D eigenvalue weighted by molar-refractivity contribution is 9.10. The molecule has 0 radical (unpaired) electrons. The van der Waals surface area contributed by atoms with Crippen LogP contribution < -0.4 is 4.90 Å². The van der Waals surface area contributed by atoms with E-state index in [1.165, 1.54) is 17.4 Å². The number of hydrogen-bond acceptors (Lipinski definition) is 5. The van der Waals surface area contributed by atoms with Crippen molar-refractivity contribution >= 4 is 50.5 Å². The Morgan fingerprint density at radius 2 is 1.61 bits per heavy atom. The molecule has 2 aliphatic rings. The van der Waals surface area contributed by atoms with Gasteiger partial charge in [0.25, 0.3) is 5.91 Å². The number of halogens is 1. The zero-order valence-corrected chi connectivity index (χ0v) is 19.1. The average molecular weight is 494 g/mol. The van der Waals surface area contributed by atoms with Crippen LogP contribution in [0.4, 0.5) is 5.69 Å². The minimum atomic E-state index is -0.202. The third-order valence-electron chi connectivity index (χ3n) is 5.31. The molecule has 0 bridgehead atoms. The number of furan rings is 1. The van der Waals surface area contributed by atoms with Crippen LogP contribution in [0.15, 0.2) is 85.5 Å². The highest BCUT2D eigenvalue weighted by Crippen LogP contribution is 2.32. The molecule has 1 fully saturated rings. The van der Waals surface area contributed by atoms with Crippen LogP contribution in [0.25, 0.3) is 17.4 Å². The number of aliphatic imine (C=N–C) groups is 1. The van der Waals surface area contributed by atoms with Gasteiger partial charge in [-0.2, -0.15) is 4.99 Å². The molecule has 1 amide bonds. The van der Waals surface area contributed by atoms with Crippen molar-refractivity contribution < 1.29 is 9.21 Å². The second-order valence-electron chi connectivity index (χ2n) is 7.33. The summed E-state index contributed by atoms with van der Waals surface area (Å²) in [5, 5.41) is 0.781. The third-order valence-corrected chi connectivity index (χ3v) is 6.88. The van der Waals surface area contributed by atoms with E-state index in [2.05, 4.69) is 55.0 Å². The standard InChI is InChI=1S/C24H20BrN3O2S/c25-18-8-6-17(7-9-18)21-11-10-20(30-21)16-22-23(29)26-24(31-22)28-14-12-27(13-15-28)19-4-2-1-3-5-19/h1-11,16H,12-15H2/b22-16+. The van der Waals surface area contributed by atoms with E-state index in [0.29, 0.717) is 10.7 Å². The molecule has 0 saturated carbocycles. The predicted octanol–water partition coefficient (Wildman–Crippen LogP) is 5.50. The Morgan fingerprint density at radius 1 is 0.903 bits per heavy atom. The lowest BCUT2D eigenvalue weighted by molar-refractivity contribution is -0.113. The van der Waals surface area contributed by atoms with Gasteiger partial charge in [-0.25, -0.2) is 0 Å². The van der Waals surface area contributed by atoms with Gasteiger partial charge in [0.15, 0.2) is 5.17 Å². The normalized spacial score (nSPS) is 18.0. The summed E-state index contributed by atoms with van der Waals surface area (Å²) in [5.41, 5.74) is 2.23. The number of amidine groups is 1. The number of para-hydroxylation sites is 1. The van der Waals surface area contributed by atoms with Crippen LogP contribution in [0.2, 0.25) is 0 Å². The molecule has 0 atom stereocenters. The van der Waals surface area contributed by atoms with E-state index < -0.39 is 0 Å². The second-order valence-corrected chi connectivity index (χ2v) is 9.25. The minimum Gasteiger partial charge on any atom is -0.457 e. The molecule has 31 heavy (non-hydrogen) atoms. The molecule has 2 aliphatic heterocycles. The van der Waals surface area contributed by atoms with Gasteiger partial charge in [0.2, 0.25) is 0 Å². The molecular weight excluding hydrogens is 474 g/mol. The Kier molecular flexibility index (Phi) is 5.70. The van der Waals surface area contributed by atoms with E-state index in [-0.39, 0.29) is 5.91 Å². The summed E-state index contributed by atoms with van der Waals surface area (Å²) in [4.78, 5) is 21.9. The summed E-state index contributed by atoms with van der Waals surface area (Å²) >= 11 is 4.87. The quantitative estimate of drug-likeness (QED) is 0.450. The molecule has 0 aliphatic carbocycles.